The molecule has 0 bridgehead atoms. The fourth-order valence-corrected chi connectivity index (χ4v) is 3.10. The summed E-state index contributed by atoms with van der Waals surface area (Å²) < 4.78 is 6.28. The molecule has 0 spiro atoms. The predicted octanol–water partition coefficient (Wildman–Crippen LogP) is 5.14. The van der Waals surface area contributed by atoms with Crippen LogP contribution in [0.3, 0.4) is 0 Å². The van der Waals surface area contributed by atoms with Gasteiger partial charge in [-0.2, -0.15) is 0 Å². The lowest BCUT2D eigenvalue weighted by Crippen LogP contribution is -1.99. The maximum absolute atomic E-state index is 10.8. The molecule has 3 nitrogen and oxygen atoms in total. The maximum atomic E-state index is 10.8. The predicted molar refractivity (Wildman–Crippen MR) is 85.7 cm³/mol. The molecule has 0 amide bonds. The molecule has 0 atom stereocenters. The van der Waals surface area contributed by atoms with E-state index in [1.54, 1.807) is 18.2 Å². The Kier molecular flexibility index (Phi) is 3.74. The second-order valence-corrected chi connectivity index (χ2v) is 5.82. The monoisotopic (exact) mass is 364 g/mol. The van der Waals surface area contributed by atoms with Crippen molar-refractivity contribution in [1.29, 1.82) is 0 Å². The van der Waals surface area contributed by atoms with E-state index in [-0.39, 0.29) is 6.42 Å². The third-order valence-electron chi connectivity index (χ3n) is 3.18. The van der Waals surface area contributed by atoms with Crippen LogP contribution >= 0.6 is 27.5 Å². The second-order valence-electron chi connectivity index (χ2n) is 4.66. The Labute approximate surface area is 134 Å². The van der Waals surface area contributed by atoms with E-state index in [0.29, 0.717) is 15.3 Å². The Balaban J connectivity index is 2.16. The molecule has 1 N–H and O–H groups in total. The topological polar surface area (TPSA) is 50.4 Å². The average Bonchev–Trinajstić information content (AvgIpc) is 2.73. The van der Waals surface area contributed by atoms with Crippen molar-refractivity contribution in [3.05, 3.63) is 57.7 Å². The van der Waals surface area contributed by atoms with E-state index >= 15 is 0 Å². The largest absolute Gasteiger partial charge is 0.481 e. The molecule has 1 aromatic heterocycles. The van der Waals surface area contributed by atoms with Crippen LogP contribution in [0.1, 0.15) is 5.56 Å². The summed E-state index contributed by atoms with van der Waals surface area (Å²) in [4.78, 5) is 10.8. The highest BCUT2D eigenvalue weighted by molar-refractivity contribution is 9.10. The Hall–Kier alpha value is -1.78. The van der Waals surface area contributed by atoms with Gasteiger partial charge in [0.1, 0.15) is 5.58 Å². The summed E-state index contributed by atoms with van der Waals surface area (Å²) >= 11 is 9.39. The van der Waals surface area contributed by atoms with Gasteiger partial charge in [0, 0.05) is 22.0 Å². The molecule has 3 rings (SSSR count). The zero-order valence-corrected chi connectivity index (χ0v) is 13.1. The Bertz CT molecular complexity index is 839. The van der Waals surface area contributed by atoms with Crippen molar-refractivity contribution in [2.75, 3.05) is 0 Å². The highest BCUT2D eigenvalue weighted by Crippen LogP contribution is 2.39. The number of hydrogen-bond donors (Lipinski definition) is 1. The molecule has 0 aliphatic rings. The Morgan fingerprint density at radius 3 is 2.81 bits per heavy atom. The quantitative estimate of drug-likeness (QED) is 0.699. The van der Waals surface area contributed by atoms with Crippen molar-refractivity contribution < 1.29 is 14.3 Å². The minimum Gasteiger partial charge on any atom is -0.481 e. The van der Waals surface area contributed by atoms with Crippen LogP contribution in [0.25, 0.3) is 22.1 Å². The van der Waals surface area contributed by atoms with E-state index in [4.69, 9.17) is 21.1 Å². The molecule has 0 unspecified atom stereocenters. The number of rotatable bonds is 3. The van der Waals surface area contributed by atoms with Gasteiger partial charge in [0.2, 0.25) is 0 Å². The van der Waals surface area contributed by atoms with Crippen LogP contribution in [0.15, 0.2) is 51.6 Å². The first-order valence-corrected chi connectivity index (χ1v) is 7.40. The minimum absolute atomic E-state index is 0.00687. The van der Waals surface area contributed by atoms with E-state index in [0.717, 1.165) is 22.1 Å². The van der Waals surface area contributed by atoms with Crippen molar-refractivity contribution >= 4 is 44.5 Å². The summed E-state index contributed by atoms with van der Waals surface area (Å²) in [6.45, 7) is 0. The van der Waals surface area contributed by atoms with Crippen molar-refractivity contribution in [1.82, 2.24) is 0 Å². The molecule has 0 aliphatic carbocycles. The molecule has 0 saturated heterocycles. The zero-order chi connectivity index (χ0) is 15.0. The Morgan fingerprint density at radius 1 is 1.24 bits per heavy atom. The second kappa shape index (κ2) is 5.54. The van der Waals surface area contributed by atoms with Gasteiger partial charge in [0.15, 0.2) is 4.67 Å². The number of carboxylic acids is 1. The number of hydrogen-bond acceptors (Lipinski definition) is 2. The molecular formula is C16H10BrClO3. The van der Waals surface area contributed by atoms with E-state index in [9.17, 15) is 4.79 Å². The van der Waals surface area contributed by atoms with Crippen LogP contribution in [0, 0.1) is 0 Å². The summed E-state index contributed by atoms with van der Waals surface area (Å²) in [5, 5.41) is 10.4. The third-order valence-corrected chi connectivity index (χ3v) is 3.97. The highest BCUT2D eigenvalue weighted by atomic mass is 79.9. The first-order chi connectivity index (χ1) is 10.0. The van der Waals surface area contributed by atoms with E-state index in [1.807, 2.05) is 24.3 Å². The molecule has 5 heteroatoms. The van der Waals surface area contributed by atoms with Crippen LogP contribution in [0.5, 0.6) is 0 Å². The summed E-state index contributed by atoms with van der Waals surface area (Å²) in [6.07, 6.45) is -0.00687. The normalized spacial score (nSPS) is 11.0. The SMILES string of the molecule is O=C(O)Cc1cccc(-c2c(Br)oc3cc(Cl)ccc23)c1. The van der Waals surface area contributed by atoms with Crippen LogP contribution in [0.2, 0.25) is 5.02 Å². The lowest BCUT2D eigenvalue weighted by molar-refractivity contribution is -0.136. The summed E-state index contributed by atoms with van der Waals surface area (Å²) in [6, 6.07) is 12.9. The van der Waals surface area contributed by atoms with E-state index < -0.39 is 5.97 Å². The lowest BCUT2D eigenvalue weighted by atomic mass is 10.0. The van der Waals surface area contributed by atoms with Crippen LogP contribution in [-0.4, -0.2) is 11.1 Å². The molecule has 106 valence electrons. The van der Waals surface area contributed by atoms with Gasteiger partial charge in [0.05, 0.1) is 6.42 Å². The van der Waals surface area contributed by atoms with Crippen molar-refractivity contribution in [2.45, 2.75) is 6.42 Å². The Morgan fingerprint density at radius 2 is 2.05 bits per heavy atom. The fourth-order valence-electron chi connectivity index (χ4n) is 2.32. The average molecular weight is 366 g/mol. The van der Waals surface area contributed by atoms with Crippen molar-refractivity contribution in [3.63, 3.8) is 0 Å². The minimum atomic E-state index is -0.852. The number of carbonyl (C=O) groups is 1. The van der Waals surface area contributed by atoms with Crippen molar-refractivity contribution in [2.24, 2.45) is 0 Å². The molecule has 2 aromatic carbocycles. The van der Waals surface area contributed by atoms with Crippen molar-refractivity contribution in [3.8, 4) is 11.1 Å². The van der Waals surface area contributed by atoms with E-state index in [1.165, 1.54) is 0 Å². The molecule has 3 aromatic rings. The van der Waals surface area contributed by atoms with Gasteiger partial charge >= 0.3 is 5.97 Å². The maximum Gasteiger partial charge on any atom is 0.307 e. The number of carboxylic acid groups (broad SMARTS) is 1. The first kappa shape index (κ1) is 14.2. The third kappa shape index (κ3) is 2.82. The molecule has 0 radical (unpaired) electrons. The molecule has 21 heavy (non-hydrogen) atoms. The van der Waals surface area contributed by atoms with E-state index in [2.05, 4.69) is 15.9 Å². The zero-order valence-electron chi connectivity index (χ0n) is 10.8. The summed E-state index contributed by atoms with van der Waals surface area (Å²) in [7, 11) is 0. The fraction of sp³-hybridized carbons (Fsp3) is 0.0625. The number of aliphatic carboxylic acids is 1. The van der Waals surface area contributed by atoms with Gasteiger partial charge in [-0.1, -0.05) is 35.9 Å². The lowest BCUT2D eigenvalue weighted by Gasteiger charge is -2.03. The molecule has 0 fully saturated rings. The highest BCUT2D eigenvalue weighted by Gasteiger charge is 2.15. The van der Waals surface area contributed by atoms with Crippen LogP contribution < -0.4 is 0 Å². The number of furan rings is 1. The smallest absolute Gasteiger partial charge is 0.307 e. The number of halogens is 2. The molecule has 1 heterocycles. The van der Waals surface area contributed by atoms with Gasteiger partial charge in [-0.3, -0.25) is 4.79 Å². The first-order valence-electron chi connectivity index (χ1n) is 6.23. The molecular weight excluding hydrogens is 356 g/mol. The van der Waals surface area contributed by atoms with Gasteiger partial charge in [0.25, 0.3) is 0 Å². The van der Waals surface area contributed by atoms with Gasteiger partial charge in [-0.15, -0.1) is 0 Å². The molecule has 0 saturated carbocycles. The number of fused-ring (bicyclic) bond motifs is 1. The van der Waals surface area contributed by atoms with Gasteiger partial charge in [-0.25, -0.2) is 0 Å². The molecule has 0 aliphatic heterocycles. The standard InChI is InChI=1S/C16H10BrClO3/c17-16-15(12-5-4-11(18)8-13(12)21-16)10-3-1-2-9(6-10)7-14(19)20/h1-6,8H,7H2,(H,19,20). The number of benzene rings is 2. The van der Waals surface area contributed by atoms with Gasteiger partial charge < -0.3 is 9.52 Å². The van der Waals surface area contributed by atoms with Crippen LogP contribution in [0.4, 0.5) is 0 Å². The van der Waals surface area contributed by atoms with Gasteiger partial charge in [-0.05, 0) is 39.2 Å². The summed E-state index contributed by atoms with van der Waals surface area (Å²) in [5.41, 5.74) is 3.24. The van der Waals surface area contributed by atoms with Crippen LogP contribution in [-0.2, 0) is 11.2 Å². The summed E-state index contributed by atoms with van der Waals surface area (Å²) in [5.74, 6) is -0.852.